The number of aromatic nitrogens is 3. The Bertz CT molecular complexity index is 1320. The van der Waals surface area contributed by atoms with Crippen molar-refractivity contribution in [3.8, 4) is 0 Å². The van der Waals surface area contributed by atoms with Crippen LogP contribution in [0.3, 0.4) is 0 Å². The minimum atomic E-state index is -0.482. The lowest BCUT2D eigenvalue weighted by Crippen LogP contribution is -2.42. The molecule has 1 aromatic carbocycles. The molecule has 5 rings (SSSR count). The topological polar surface area (TPSA) is 104 Å². The molecule has 0 bridgehead atoms. The van der Waals surface area contributed by atoms with Crippen molar-refractivity contribution in [1.82, 2.24) is 25.6 Å². The number of anilines is 4. The minimum absolute atomic E-state index is 0.0480. The average Bonchev–Trinajstić information content (AvgIpc) is 3.65. The van der Waals surface area contributed by atoms with Gasteiger partial charge in [-0.1, -0.05) is 12.1 Å². The lowest BCUT2D eigenvalue weighted by molar-refractivity contribution is 0.0943. The maximum absolute atomic E-state index is 13.6. The Morgan fingerprint density at radius 3 is 2.68 bits per heavy atom. The molecule has 194 valence electrons. The molecule has 3 aromatic rings. The van der Waals surface area contributed by atoms with E-state index in [1.807, 2.05) is 32.0 Å². The van der Waals surface area contributed by atoms with Gasteiger partial charge in [-0.15, -0.1) is 0 Å². The SMILES string of the molecule is CC(C)NC(=O)c1cnc(Nc2ccc3c(c2)CCNC3(C)C)nc1Nc1cccc(C2(CF)CC2)n1. The first-order chi connectivity index (χ1) is 17.7. The molecule has 1 aliphatic heterocycles. The summed E-state index contributed by atoms with van der Waals surface area (Å²) < 4.78 is 13.6. The highest BCUT2D eigenvalue weighted by Gasteiger charge is 2.46. The Morgan fingerprint density at radius 2 is 1.95 bits per heavy atom. The number of alkyl halides is 1. The van der Waals surface area contributed by atoms with E-state index in [2.05, 4.69) is 62.2 Å². The number of rotatable bonds is 8. The fourth-order valence-corrected chi connectivity index (χ4v) is 4.80. The third-order valence-electron chi connectivity index (χ3n) is 7.10. The third kappa shape index (κ3) is 5.27. The number of fused-ring (bicyclic) bond motifs is 1. The van der Waals surface area contributed by atoms with Crippen molar-refractivity contribution in [2.24, 2.45) is 0 Å². The van der Waals surface area contributed by atoms with Gasteiger partial charge in [-0.05, 0) is 88.9 Å². The first-order valence-electron chi connectivity index (χ1n) is 12.8. The first kappa shape index (κ1) is 25.1. The molecule has 0 unspecified atom stereocenters. The van der Waals surface area contributed by atoms with Crippen molar-refractivity contribution in [3.63, 3.8) is 0 Å². The second-order valence-corrected chi connectivity index (χ2v) is 10.8. The Balaban J connectivity index is 1.44. The van der Waals surface area contributed by atoms with Crippen LogP contribution in [0.15, 0.2) is 42.6 Å². The predicted molar refractivity (Wildman–Crippen MR) is 143 cm³/mol. The van der Waals surface area contributed by atoms with Gasteiger partial charge < -0.3 is 21.3 Å². The lowest BCUT2D eigenvalue weighted by atomic mass is 9.85. The van der Waals surface area contributed by atoms with Gasteiger partial charge in [0, 0.05) is 28.9 Å². The highest BCUT2D eigenvalue weighted by molar-refractivity contribution is 5.99. The molecule has 37 heavy (non-hydrogen) atoms. The summed E-state index contributed by atoms with van der Waals surface area (Å²) in [6.45, 7) is 8.64. The van der Waals surface area contributed by atoms with E-state index in [4.69, 9.17) is 0 Å². The van der Waals surface area contributed by atoms with E-state index in [0.717, 1.165) is 31.5 Å². The number of pyridine rings is 1. The van der Waals surface area contributed by atoms with Crippen LogP contribution in [0, 0.1) is 0 Å². The summed E-state index contributed by atoms with van der Waals surface area (Å²) in [6.07, 6.45) is 4.03. The molecular formula is C28H34FN7O. The Kier molecular flexibility index (Phi) is 6.58. The van der Waals surface area contributed by atoms with E-state index < -0.39 is 12.1 Å². The highest BCUT2D eigenvalue weighted by atomic mass is 19.1. The van der Waals surface area contributed by atoms with Crippen LogP contribution < -0.4 is 21.3 Å². The minimum Gasteiger partial charge on any atom is -0.350 e. The van der Waals surface area contributed by atoms with Gasteiger partial charge in [0.2, 0.25) is 5.95 Å². The Hall–Kier alpha value is -3.59. The molecule has 8 nitrogen and oxygen atoms in total. The second-order valence-electron chi connectivity index (χ2n) is 10.8. The quantitative estimate of drug-likeness (QED) is 0.347. The molecule has 2 aromatic heterocycles. The number of hydrogen-bond acceptors (Lipinski definition) is 7. The molecule has 4 N–H and O–H groups in total. The Labute approximate surface area is 216 Å². The zero-order valence-corrected chi connectivity index (χ0v) is 21.8. The molecule has 0 saturated heterocycles. The number of amides is 1. The van der Waals surface area contributed by atoms with E-state index >= 15 is 0 Å². The van der Waals surface area contributed by atoms with E-state index in [9.17, 15) is 9.18 Å². The molecular weight excluding hydrogens is 469 g/mol. The van der Waals surface area contributed by atoms with Gasteiger partial charge in [0.05, 0.1) is 5.69 Å². The molecule has 9 heteroatoms. The number of benzene rings is 1. The number of carbonyl (C=O) groups is 1. The van der Waals surface area contributed by atoms with Crippen LogP contribution in [0.5, 0.6) is 0 Å². The fraction of sp³-hybridized carbons (Fsp3) is 0.429. The van der Waals surface area contributed by atoms with Gasteiger partial charge in [-0.2, -0.15) is 4.98 Å². The van der Waals surface area contributed by atoms with Gasteiger partial charge in [-0.3, -0.25) is 9.18 Å². The van der Waals surface area contributed by atoms with Crippen LogP contribution in [0.25, 0.3) is 0 Å². The lowest BCUT2D eigenvalue weighted by Gasteiger charge is -2.34. The van der Waals surface area contributed by atoms with Gasteiger partial charge in [0.15, 0.2) is 0 Å². The van der Waals surface area contributed by atoms with Crippen LogP contribution >= 0.6 is 0 Å². The van der Waals surface area contributed by atoms with Crippen molar-refractivity contribution in [2.75, 3.05) is 23.9 Å². The maximum Gasteiger partial charge on any atom is 0.256 e. The summed E-state index contributed by atoms with van der Waals surface area (Å²) in [4.78, 5) is 26.6. The van der Waals surface area contributed by atoms with Crippen LogP contribution in [0.1, 0.15) is 67.7 Å². The zero-order valence-electron chi connectivity index (χ0n) is 21.8. The summed E-state index contributed by atoms with van der Waals surface area (Å²) in [5.74, 6) is 0.902. The van der Waals surface area contributed by atoms with Gasteiger partial charge >= 0.3 is 0 Å². The largest absolute Gasteiger partial charge is 0.350 e. The summed E-state index contributed by atoms with van der Waals surface area (Å²) in [6, 6.07) is 11.7. The summed E-state index contributed by atoms with van der Waals surface area (Å²) in [7, 11) is 0. The number of hydrogen-bond donors (Lipinski definition) is 4. The molecule has 3 heterocycles. The fourth-order valence-electron chi connectivity index (χ4n) is 4.80. The smallest absolute Gasteiger partial charge is 0.256 e. The molecule has 0 atom stereocenters. The monoisotopic (exact) mass is 503 g/mol. The number of nitrogens with zero attached hydrogens (tertiary/aromatic N) is 3. The predicted octanol–water partition coefficient (Wildman–Crippen LogP) is 4.88. The van der Waals surface area contributed by atoms with Crippen molar-refractivity contribution in [1.29, 1.82) is 0 Å². The van der Waals surface area contributed by atoms with Crippen molar-refractivity contribution in [2.45, 2.75) is 64.0 Å². The second kappa shape index (κ2) is 9.70. The molecule has 1 aliphatic carbocycles. The van der Waals surface area contributed by atoms with Gasteiger partial charge in [-0.25, -0.2) is 9.97 Å². The van der Waals surface area contributed by atoms with Crippen LogP contribution in [-0.4, -0.2) is 40.1 Å². The average molecular weight is 504 g/mol. The molecule has 1 amide bonds. The number of nitrogens with one attached hydrogen (secondary N) is 4. The van der Waals surface area contributed by atoms with Crippen LogP contribution in [0.2, 0.25) is 0 Å². The summed E-state index contributed by atoms with van der Waals surface area (Å²) in [5.41, 5.74) is 3.89. The van der Waals surface area contributed by atoms with Gasteiger partial charge in [0.1, 0.15) is 23.9 Å². The molecule has 1 fully saturated rings. The molecule has 1 saturated carbocycles. The normalized spacial score (nSPS) is 17.1. The maximum atomic E-state index is 13.6. The van der Waals surface area contributed by atoms with E-state index in [0.29, 0.717) is 28.8 Å². The van der Waals surface area contributed by atoms with E-state index in [-0.39, 0.29) is 17.5 Å². The standard InChI is InChI=1S/C28H34FN7O/c1-17(2)32-25(37)20-15-30-26(33-19-8-9-21-18(14-19)10-13-31-27(21,3)4)36-24(20)35-23-7-5-6-22(34-23)28(16-29)11-12-28/h5-9,14-15,17,31H,10-13,16H2,1-4H3,(H,32,37)(H2,30,33,34,35,36). The van der Waals surface area contributed by atoms with Crippen LogP contribution in [-0.2, 0) is 17.4 Å². The number of halogens is 1. The zero-order chi connectivity index (χ0) is 26.2. The molecule has 2 aliphatic rings. The van der Waals surface area contributed by atoms with Crippen molar-refractivity contribution in [3.05, 3.63) is 65.0 Å². The molecule has 0 spiro atoms. The van der Waals surface area contributed by atoms with Gasteiger partial charge in [0.25, 0.3) is 5.91 Å². The third-order valence-corrected chi connectivity index (χ3v) is 7.10. The van der Waals surface area contributed by atoms with E-state index in [1.165, 1.54) is 17.3 Å². The summed E-state index contributed by atoms with van der Waals surface area (Å²) >= 11 is 0. The van der Waals surface area contributed by atoms with E-state index in [1.54, 1.807) is 6.07 Å². The van der Waals surface area contributed by atoms with Crippen molar-refractivity contribution >= 4 is 29.2 Å². The summed E-state index contributed by atoms with van der Waals surface area (Å²) in [5, 5.41) is 12.9. The highest BCUT2D eigenvalue weighted by Crippen LogP contribution is 2.47. The number of carbonyl (C=O) groups excluding carboxylic acids is 1. The Morgan fingerprint density at radius 1 is 1.14 bits per heavy atom. The molecule has 0 radical (unpaired) electrons. The van der Waals surface area contributed by atoms with Crippen molar-refractivity contribution < 1.29 is 9.18 Å². The first-order valence-corrected chi connectivity index (χ1v) is 12.8. The van der Waals surface area contributed by atoms with Crippen LogP contribution in [0.4, 0.5) is 27.7 Å².